The molecule has 1 N–H and O–H groups in total. The van der Waals surface area contributed by atoms with Gasteiger partial charge in [0.1, 0.15) is 0 Å². The van der Waals surface area contributed by atoms with Crippen LogP contribution in [0.5, 0.6) is 0 Å². The summed E-state index contributed by atoms with van der Waals surface area (Å²) in [4.78, 5) is 14.8. The predicted molar refractivity (Wildman–Crippen MR) is 92.2 cm³/mol. The highest BCUT2D eigenvalue weighted by Crippen LogP contribution is 2.28. The molecule has 1 aliphatic heterocycles. The normalized spacial score (nSPS) is 19.4. The molecular formula is C18H26N4O. The van der Waals surface area contributed by atoms with Crippen molar-refractivity contribution in [1.29, 1.82) is 0 Å². The molecule has 2 heterocycles. The van der Waals surface area contributed by atoms with Gasteiger partial charge in [-0.25, -0.2) is 0 Å². The molecule has 1 aromatic carbocycles. The van der Waals surface area contributed by atoms with Gasteiger partial charge in [0.2, 0.25) is 5.91 Å². The molecule has 0 unspecified atom stereocenters. The first kappa shape index (κ1) is 16.0. The highest BCUT2D eigenvalue weighted by atomic mass is 16.1. The van der Waals surface area contributed by atoms with Gasteiger partial charge in [0.05, 0.1) is 16.7 Å². The number of para-hydroxylation sites is 1. The largest absolute Gasteiger partial charge is 0.345 e. The fourth-order valence-electron chi connectivity index (χ4n) is 3.59. The molecule has 5 heteroatoms. The van der Waals surface area contributed by atoms with Crippen LogP contribution in [-0.4, -0.2) is 40.2 Å². The van der Waals surface area contributed by atoms with Gasteiger partial charge in [-0.2, -0.15) is 5.10 Å². The third kappa shape index (κ3) is 3.11. The lowest BCUT2D eigenvalue weighted by Crippen LogP contribution is -2.43. The average Bonchev–Trinajstić information content (AvgIpc) is 3.04. The minimum absolute atomic E-state index is 0.100. The Balaban J connectivity index is 1.79. The van der Waals surface area contributed by atoms with Crippen molar-refractivity contribution in [3.05, 3.63) is 30.0 Å². The van der Waals surface area contributed by atoms with E-state index in [0.29, 0.717) is 12.5 Å². The molecule has 0 saturated carbocycles. The summed E-state index contributed by atoms with van der Waals surface area (Å²) in [5.74, 6) is 0.100. The van der Waals surface area contributed by atoms with Crippen molar-refractivity contribution in [2.75, 3.05) is 13.6 Å². The summed E-state index contributed by atoms with van der Waals surface area (Å²) in [6, 6.07) is 8.51. The zero-order chi connectivity index (χ0) is 16.6. The zero-order valence-electron chi connectivity index (χ0n) is 14.5. The maximum atomic E-state index is 12.5. The molecule has 1 fully saturated rings. The number of likely N-dealkylation sites (tertiary alicyclic amines) is 1. The quantitative estimate of drug-likeness (QED) is 0.943. The van der Waals surface area contributed by atoms with Crippen LogP contribution in [0.2, 0.25) is 0 Å². The van der Waals surface area contributed by atoms with Gasteiger partial charge in [-0.3, -0.25) is 9.48 Å². The molecule has 0 radical (unpaired) electrons. The molecule has 0 aliphatic carbocycles. The number of carbonyl (C=O) groups is 1. The Morgan fingerprint density at radius 2 is 2.09 bits per heavy atom. The van der Waals surface area contributed by atoms with E-state index in [0.717, 1.165) is 29.6 Å². The molecule has 0 bridgehead atoms. The predicted octanol–water partition coefficient (Wildman–Crippen LogP) is 2.41. The summed E-state index contributed by atoms with van der Waals surface area (Å²) in [5.41, 5.74) is 1.51. The number of rotatable bonds is 4. The molecule has 124 valence electrons. The van der Waals surface area contributed by atoms with E-state index in [-0.39, 0.29) is 5.91 Å². The van der Waals surface area contributed by atoms with Gasteiger partial charge in [-0.15, -0.1) is 0 Å². The number of aryl methyl sites for hydroxylation is 1. The van der Waals surface area contributed by atoms with E-state index in [1.165, 1.54) is 6.42 Å². The van der Waals surface area contributed by atoms with Crippen LogP contribution in [0.4, 0.5) is 0 Å². The van der Waals surface area contributed by atoms with Gasteiger partial charge in [0.15, 0.2) is 0 Å². The Morgan fingerprint density at radius 1 is 1.35 bits per heavy atom. The molecular weight excluding hydrogens is 288 g/mol. The van der Waals surface area contributed by atoms with Crippen molar-refractivity contribution in [3.63, 3.8) is 0 Å². The van der Waals surface area contributed by atoms with E-state index < -0.39 is 5.54 Å². The molecule has 0 spiro atoms. The summed E-state index contributed by atoms with van der Waals surface area (Å²) >= 11 is 0. The van der Waals surface area contributed by atoms with Gasteiger partial charge in [0, 0.05) is 24.9 Å². The van der Waals surface area contributed by atoms with Crippen molar-refractivity contribution in [2.24, 2.45) is 7.05 Å². The van der Waals surface area contributed by atoms with Crippen molar-refractivity contribution in [2.45, 2.75) is 44.7 Å². The van der Waals surface area contributed by atoms with Gasteiger partial charge in [-0.05, 0) is 46.3 Å². The number of fused-ring (bicyclic) bond motifs is 1. The number of nitrogens with one attached hydrogen (secondary N) is 1. The summed E-state index contributed by atoms with van der Waals surface area (Å²) in [5, 5.41) is 8.93. The number of benzene rings is 1. The number of aromatic nitrogens is 2. The number of amides is 1. The molecule has 1 saturated heterocycles. The first-order valence-electron chi connectivity index (χ1n) is 8.32. The van der Waals surface area contributed by atoms with Crippen LogP contribution in [0.25, 0.3) is 10.9 Å². The molecule has 23 heavy (non-hydrogen) atoms. The van der Waals surface area contributed by atoms with Crippen molar-refractivity contribution in [3.8, 4) is 0 Å². The molecule has 1 aliphatic rings. The maximum Gasteiger partial charge on any atom is 0.222 e. The Morgan fingerprint density at radius 3 is 2.78 bits per heavy atom. The number of nitrogens with zero attached hydrogens (tertiary/aromatic N) is 3. The van der Waals surface area contributed by atoms with Gasteiger partial charge < -0.3 is 10.2 Å². The van der Waals surface area contributed by atoms with E-state index >= 15 is 0 Å². The Bertz CT molecular complexity index is 719. The van der Waals surface area contributed by atoms with Crippen LogP contribution in [0.1, 0.15) is 38.8 Å². The summed E-state index contributed by atoms with van der Waals surface area (Å²) in [6.45, 7) is 5.14. The SMILES string of the molecule is CN1CCC[C@H]1CC(=O)NC(C)(C)c1nn(C)c2ccccc12. The highest BCUT2D eigenvalue weighted by molar-refractivity contribution is 5.84. The van der Waals surface area contributed by atoms with E-state index in [1.807, 2.05) is 37.7 Å². The first-order valence-corrected chi connectivity index (χ1v) is 8.32. The molecule has 2 aromatic rings. The second kappa shape index (κ2) is 5.96. The summed E-state index contributed by atoms with van der Waals surface area (Å²) in [6.07, 6.45) is 2.85. The highest BCUT2D eigenvalue weighted by Gasteiger charge is 2.30. The number of hydrogen-bond donors (Lipinski definition) is 1. The third-order valence-corrected chi connectivity index (χ3v) is 4.89. The summed E-state index contributed by atoms with van der Waals surface area (Å²) < 4.78 is 1.88. The average molecular weight is 314 g/mol. The van der Waals surface area contributed by atoms with E-state index in [1.54, 1.807) is 0 Å². The van der Waals surface area contributed by atoms with Crippen LogP contribution in [-0.2, 0) is 17.4 Å². The lowest BCUT2D eigenvalue weighted by Gasteiger charge is -2.27. The molecule has 1 amide bonds. The van der Waals surface area contributed by atoms with Crippen molar-refractivity contribution in [1.82, 2.24) is 20.0 Å². The van der Waals surface area contributed by atoms with Crippen LogP contribution in [0.3, 0.4) is 0 Å². The number of hydrogen-bond acceptors (Lipinski definition) is 3. The Labute approximate surface area is 137 Å². The van der Waals surface area contributed by atoms with Crippen LogP contribution < -0.4 is 5.32 Å². The minimum Gasteiger partial charge on any atom is -0.345 e. The Kier molecular flexibility index (Phi) is 4.15. The van der Waals surface area contributed by atoms with Gasteiger partial charge >= 0.3 is 0 Å². The van der Waals surface area contributed by atoms with Crippen molar-refractivity contribution < 1.29 is 4.79 Å². The van der Waals surface area contributed by atoms with Crippen LogP contribution in [0.15, 0.2) is 24.3 Å². The van der Waals surface area contributed by atoms with Gasteiger partial charge in [-0.1, -0.05) is 18.2 Å². The first-order chi connectivity index (χ1) is 10.9. The fourth-order valence-corrected chi connectivity index (χ4v) is 3.59. The molecule has 3 rings (SSSR count). The maximum absolute atomic E-state index is 12.5. The van der Waals surface area contributed by atoms with Gasteiger partial charge in [0.25, 0.3) is 0 Å². The summed E-state index contributed by atoms with van der Waals surface area (Å²) in [7, 11) is 4.04. The zero-order valence-corrected chi connectivity index (χ0v) is 14.5. The smallest absolute Gasteiger partial charge is 0.222 e. The lowest BCUT2D eigenvalue weighted by molar-refractivity contribution is -0.123. The van der Waals surface area contributed by atoms with E-state index in [2.05, 4.69) is 34.5 Å². The standard InChI is InChI=1S/C18H26N4O/c1-18(2,19-16(23)12-13-8-7-11-21(13)3)17-14-9-5-6-10-15(14)22(4)20-17/h5-6,9-10,13H,7-8,11-12H2,1-4H3,(H,19,23)/t13-/m0/s1. The minimum atomic E-state index is -0.491. The second-order valence-corrected chi connectivity index (χ2v) is 7.14. The topological polar surface area (TPSA) is 50.2 Å². The monoisotopic (exact) mass is 314 g/mol. The molecule has 1 atom stereocenters. The van der Waals surface area contributed by atoms with E-state index in [9.17, 15) is 4.79 Å². The second-order valence-electron chi connectivity index (χ2n) is 7.14. The number of carbonyl (C=O) groups excluding carboxylic acids is 1. The molecule has 1 aromatic heterocycles. The van der Waals surface area contributed by atoms with E-state index in [4.69, 9.17) is 0 Å². The van der Waals surface area contributed by atoms with Crippen molar-refractivity contribution >= 4 is 16.8 Å². The molecule has 5 nitrogen and oxygen atoms in total. The van der Waals surface area contributed by atoms with Crippen LogP contribution >= 0.6 is 0 Å². The third-order valence-electron chi connectivity index (χ3n) is 4.89. The Hall–Kier alpha value is -1.88. The van der Waals surface area contributed by atoms with Crippen LogP contribution in [0, 0.1) is 0 Å². The fraction of sp³-hybridized carbons (Fsp3) is 0.556. The lowest BCUT2D eigenvalue weighted by atomic mass is 9.96.